The number of nitrogens with zero attached hydrogens (tertiary/aromatic N) is 3. The number of rotatable bonds is 8. The van der Waals surface area contributed by atoms with Crippen LogP contribution in [0.5, 0.6) is 5.75 Å². The van der Waals surface area contributed by atoms with Gasteiger partial charge in [-0.25, -0.2) is 9.67 Å². The third-order valence-corrected chi connectivity index (χ3v) is 5.89. The molecule has 0 fully saturated rings. The van der Waals surface area contributed by atoms with Gasteiger partial charge in [0.25, 0.3) is 0 Å². The number of ether oxygens (including phenoxy) is 1. The van der Waals surface area contributed by atoms with Crippen molar-refractivity contribution in [2.45, 2.75) is 46.4 Å². The van der Waals surface area contributed by atoms with Gasteiger partial charge in [-0.3, -0.25) is 0 Å². The van der Waals surface area contributed by atoms with Crippen molar-refractivity contribution in [2.24, 2.45) is 5.41 Å². The number of aliphatic hydroxyl groups excluding tert-OH is 1. The Hall–Kier alpha value is -1.74. The van der Waals surface area contributed by atoms with Gasteiger partial charge in [-0.15, -0.1) is 0 Å². The lowest BCUT2D eigenvalue weighted by molar-refractivity contribution is 0.0827. The number of halogens is 1. The minimum atomic E-state index is -1.25. The SMILES string of the molecule is C[SiH](C)OC(c1cccc(-n2ncc3c(OCCCO)cc(Br)cc32)n1)C(C)(C)C. The van der Waals surface area contributed by atoms with Crippen molar-refractivity contribution in [2.75, 3.05) is 13.2 Å². The van der Waals surface area contributed by atoms with Crippen molar-refractivity contribution in [1.82, 2.24) is 14.8 Å². The monoisotopic (exact) mass is 491 g/mol. The molecule has 0 aliphatic heterocycles. The number of hydrogen-bond donors (Lipinski definition) is 1. The molecule has 0 bridgehead atoms. The van der Waals surface area contributed by atoms with E-state index in [0.29, 0.717) is 13.0 Å². The first-order valence-corrected chi connectivity index (χ1v) is 13.8. The Balaban J connectivity index is 2.03. The normalized spacial score (nSPS) is 13.2. The van der Waals surface area contributed by atoms with Gasteiger partial charge in [-0.1, -0.05) is 42.8 Å². The molecule has 162 valence electrons. The van der Waals surface area contributed by atoms with Crippen LogP contribution in [0, 0.1) is 5.41 Å². The Bertz CT molecular complexity index is 1000. The van der Waals surface area contributed by atoms with Crippen LogP contribution >= 0.6 is 15.9 Å². The summed E-state index contributed by atoms with van der Waals surface area (Å²) in [5, 5.41) is 14.5. The highest BCUT2D eigenvalue weighted by atomic mass is 79.9. The first-order chi connectivity index (χ1) is 14.2. The van der Waals surface area contributed by atoms with Gasteiger partial charge in [0.15, 0.2) is 14.9 Å². The molecule has 1 aromatic carbocycles. The maximum atomic E-state index is 9.03. The highest BCUT2D eigenvalue weighted by Crippen LogP contribution is 2.36. The fourth-order valence-corrected chi connectivity index (χ4v) is 4.82. The van der Waals surface area contributed by atoms with Gasteiger partial charge in [0, 0.05) is 17.5 Å². The van der Waals surface area contributed by atoms with Crippen LogP contribution in [0.25, 0.3) is 16.7 Å². The molecule has 30 heavy (non-hydrogen) atoms. The van der Waals surface area contributed by atoms with E-state index in [2.05, 4.69) is 54.9 Å². The van der Waals surface area contributed by atoms with Crippen LogP contribution in [-0.4, -0.2) is 42.1 Å². The molecule has 0 spiro atoms. The molecule has 0 saturated carbocycles. The molecule has 2 heterocycles. The number of aliphatic hydroxyl groups is 1. The summed E-state index contributed by atoms with van der Waals surface area (Å²) in [4.78, 5) is 4.93. The average molecular weight is 492 g/mol. The molecule has 1 N–H and O–H groups in total. The number of benzene rings is 1. The number of pyridine rings is 1. The zero-order chi connectivity index (χ0) is 21.9. The summed E-state index contributed by atoms with van der Waals surface area (Å²) in [7, 11) is -1.25. The van der Waals surface area contributed by atoms with Gasteiger partial charge in [0.2, 0.25) is 0 Å². The van der Waals surface area contributed by atoms with Crippen molar-refractivity contribution in [3.63, 3.8) is 0 Å². The molecule has 3 rings (SSSR count). The topological polar surface area (TPSA) is 69.4 Å². The molecule has 0 aliphatic carbocycles. The lowest BCUT2D eigenvalue weighted by Crippen LogP contribution is -2.27. The zero-order valence-electron chi connectivity index (χ0n) is 18.2. The van der Waals surface area contributed by atoms with Crippen LogP contribution in [0.4, 0.5) is 0 Å². The second kappa shape index (κ2) is 9.59. The van der Waals surface area contributed by atoms with Crippen LogP contribution in [0.3, 0.4) is 0 Å². The Morgan fingerprint density at radius 3 is 2.67 bits per heavy atom. The van der Waals surface area contributed by atoms with E-state index in [0.717, 1.165) is 32.6 Å². The van der Waals surface area contributed by atoms with E-state index in [1.165, 1.54) is 0 Å². The van der Waals surface area contributed by atoms with Crippen LogP contribution in [-0.2, 0) is 4.43 Å². The molecule has 0 aliphatic rings. The summed E-state index contributed by atoms with van der Waals surface area (Å²) in [6.07, 6.45) is 2.30. The predicted molar refractivity (Wildman–Crippen MR) is 126 cm³/mol. The van der Waals surface area contributed by atoms with Crippen molar-refractivity contribution in [3.05, 3.63) is 46.7 Å². The van der Waals surface area contributed by atoms with Crippen molar-refractivity contribution in [1.29, 1.82) is 0 Å². The fourth-order valence-electron chi connectivity index (χ4n) is 3.30. The summed E-state index contributed by atoms with van der Waals surface area (Å²) >= 11 is 3.57. The number of hydrogen-bond acceptors (Lipinski definition) is 5. The quantitative estimate of drug-likeness (QED) is 0.353. The molecule has 1 unspecified atom stereocenters. The molecule has 8 heteroatoms. The third kappa shape index (κ3) is 5.29. The van der Waals surface area contributed by atoms with E-state index >= 15 is 0 Å². The highest BCUT2D eigenvalue weighted by molar-refractivity contribution is 9.10. The summed E-state index contributed by atoms with van der Waals surface area (Å²) in [5.41, 5.74) is 1.75. The smallest absolute Gasteiger partial charge is 0.171 e. The Kier molecular flexibility index (Phi) is 7.33. The molecule has 6 nitrogen and oxygen atoms in total. The van der Waals surface area contributed by atoms with Crippen LogP contribution < -0.4 is 4.74 Å². The summed E-state index contributed by atoms with van der Waals surface area (Å²) < 4.78 is 14.9. The van der Waals surface area contributed by atoms with Gasteiger partial charge >= 0.3 is 0 Å². The minimum absolute atomic E-state index is 0.0637. The predicted octanol–water partition coefficient (Wildman–Crippen LogP) is 5.03. The molecule has 3 aromatic rings. The molecule has 1 atom stereocenters. The second-order valence-corrected chi connectivity index (χ2v) is 12.0. The van der Waals surface area contributed by atoms with E-state index in [4.69, 9.17) is 19.3 Å². The van der Waals surface area contributed by atoms with E-state index in [9.17, 15) is 0 Å². The second-order valence-electron chi connectivity index (χ2n) is 8.67. The summed E-state index contributed by atoms with van der Waals surface area (Å²) in [6.45, 7) is 11.4. The largest absolute Gasteiger partial charge is 0.493 e. The lowest BCUT2D eigenvalue weighted by atomic mass is 9.87. The Morgan fingerprint density at radius 1 is 1.23 bits per heavy atom. The van der Waals surface area contributed by atoms with Crippen LogP contribution in [0.1, 0.15) is 39.0 Å². The Labute approximate surface area is 188 Å². The van der Waals surface area contributed by atoms with Crippen molar-refractivity contribution >= 4 is 35.9 Å². The van der Waals surface area contributed by atoms with Crippen molar-refractivity contribution in [3.8, 4) is 11.6 Å². The zero-order valence-corrected chi connectivity index (χ0v) is 21.0. The number of fused-ring (bicyclic) bond motifs is 1. The molecular formula is C22H30BrN3O3Si. The maximum absolute atomic E-state index is 9.03. The maximum Gasteiger partial charge on any atom is 0.171 e. The molecule has 2 aromatic heterocycles. The first kappa shape index (κ1) is 22.9. The lowest BCUT2D eigenvalue weighted by Gasteiger charge is -2.32. The van der Waals surface area contributed by atoms with E-state index < -0.39 is 9.04 Å². The van der Waals surface area contributed by atoms with Gasteiger partial charge in [-0.2, -0.15) is 5.10 Å². The van der Waals surface area contributed by atoms with Crippen LogP contribution in [0.2, 0.25) is 13.1 Å². The Morgan fingerprint density at radius 2 is 2.00 bits per heavy atom. The molecular weight excluding hydrogens is 462 g/mol. The molecule has 0 radical (unpaired) electrons. The van der Waals surface area contributed by atoms with Gasteiger partial charge in [0.1, 0.15) is 5.75 Å². The minimum Gasteiger partial charge on any atom is -0.493 e. The van der Waals surface area contributed by atoms with Gasteiger partial charge in [-0.05, 0) is 42.8 Å². The fraction of sp³-hybridized carbons (Fsp3) is 0.455. The first-order valence-electron chi connectivity index (χ1n) is 10.2. The van der Waals surface area contributed by atoms with Gasteiger partial charge < -0.3 is 14.3 Å². The van der Waals surface area contributed by atoms with E-state index in [1.54, 1.807) is 6.20 Å². The van der Waals surface area contributed by atoms with Gasteiger partial charge in [0.05, 0.1) is 35.5 Å². The van der Waals surface area contributed by atoms with E-state index in [-0.39, 0.29) is 18.1 Å². The highest BCUT2D eigenvalue weighted by Gasteiger charge is 2.29. The average Bonchev–Trinajstić information content (AvgIpc) is 3.09. The standard InChI is InChI=1S/C22H30BrN3O3Si/c1-22(2,3)21(29-30(4)5)17-8-6-9-20(25-17)26-18-12-15(23)13-19(16(18)14-24-26)28-11-7-10-27/h6,8-9,12-14,21,27,30H,7,10-11H2,1-5H3. The number of aromatic nitrogens is 3. The van der Waals surface area contributed by atoms with Crippen LogP contribution in [0.15, 0.2) is 41.0 Å². The molecule has 0 saturated heterocycles. The van der Waals surface area contributed by atoms with E-state index in [1.807, 2.05) is 35.0 Å². The summed E-state index contributed by atoms with van der Waals surface area (Å²) in [5.74, 6) is 1.47. The van der Waals surface area contributed by atoms with Crippen molar-refractivity contribution < 1.29 is 14.3 Å². The summed E-state index contributed by atoms with van der Waals surface area (Å²) in [6, 6.07) is 9.92. The molecule has 0 amide bonds. The third-order valence-electron chi connectivity index (χ3n) is 4.61.